The standard InChI is InChI=1S/C17H25NO4S2/c1-2-13-7-9-15(10-8-13)24(21,22)17-12-23(19,20)11-16(17)18-14-5-3-4-6-14/h7-10,14,16-18H,2-6,11-12H2,1H3/t16-,17+/m1/s1. The van der Waals surface area contributed by atoms with Crippen LogP contribution in [0.25, 0.3) is 0 Å². The number of nitrogens with one attached hydrogen (secondary N) is 1. The van der Waals surface area contributed by atoms with Crippen molar-refractivity contribution in [3.8, 4) is 0 Å². The third-order valence-electron chi connectivity index (χ3n) is 5.16. The van der Waals surface area contributed by atoms with Gasteiger partial charge in [-0.1, -0.05) is 31.9 Å². The summed E-state index contributed by atoms with van der Waals surface area (Å²) < 4.78 is 50.2. The molecule has 1 aromatic carbocycles. The van der Waals surface area contributed by atoms with E-state index in [-0.39, 0.29) is 22.4 Å². The van der Waals surface area contributed by atoms with E-state index in [9.17, 15) is 16.8 Å². The molecular formula is C17H25NO4S2. The van der Waals surface area contributed by atoms with Gasteiger partial charge in [-0.3, -0.25) is 0 Å². The van der Waals surface area contributed by atoms with Crippen molar-refractivity contribution in [2.75, 3.05) is 11.5 Å². The van der Waals surface area contributed by atoms with Gasteiger partial charge in [0.15, 0.2) is 19.7 Å². The second-order valence-corrected chi connectivity index (χ2v) is 11.2. The van der Waals surface area contributed by atoms with Crippen LogP contribution in [-0.4, -0.2) is 45.7 Å². The summed E-state index contributed by atoms with van der Waals surface area (Å²) in [6.07, 6.45) is 5.06. The predicted octanol–water partition coefficient (Wildman–Crippen LogP) is 1.72. The molecule has 0 aromatic heterocycles. The van der Waals surface area contributed by atoms with Crippen molar-refractivity contribution >= 4 is 19.7 Å². The largest absolute Gasteiger partial charge is 0.309 e. The Bertz CT molecular complexity index is 778. The van der Waals surface area contributed by atoms with Crippen LogP contribution in [0.1, 0.15) is 38.2 Å². The Morgan fingerprint density at radius 3 is 2.29 bits per heavy atom. The highest BCUT2D eigenvalue weighted by atomic mass is 32.2. The summed E-state index contributed by atoms with van der Waals surface area (Å²) in [5, 5.41) is 2.43. The van der Waals surface area contributed by atoms with Crippen LogP contribution < -0.4 is 5.32 Å². The average Bonchev–Trinajstić information content (AvgIpc) is 3.15. The minimum absolute atomic E-state index is 0.0829. The molecule has 24 heavy (non-hydrogen) atoms. The fourth-order valence-corrected chi connectivity index (χ4v) is 8.44. The van der Waals surface area contributed by atoms with Crippen LogP contribution in [0.4, 0.5) is 0 Å². The lowest BCUT2D eigenvalue weighted by molar-refractivity contribution is 0.449. The highest BCUT2D eigenvalue weighted by Crippen LogP contribution is 2.28. The molecule has 2 atom stereocenters. The van der Waals surface area contributed by atoms with Crippen molar-refractivity contribution in [2.45, 2.75) is 61.3 Å². The second-order valence-electron chi connectivity index (χ2n) is 6.91. The molecule has 2 aliphatic rings. The first-order valence-electron chi connectivity index (χ1n) is 8.61. The van der Waals surface area contributed by atoms with Gasteiger partial charge in [-0.15, -0.1) is 0 Å². The smallest absolute Gasteiger partial charge is 0.183 e. The molecule has 0 spiro atoms. The molecule has 0 unspecified atom stereocenters. The van der Waals surface area contributed by atoms with Crippen molar-refractivity contribution in [3.63, 3.8) is 0 Å². The number of rotatable bonds is 5. The van der Waals surface area contributed by atoms with Crippen LogP contribution in [0.2, 0.25) is 0 Å². The van der Waals surface area contributed by atoms with Gasteiger partial charge in [-0.25, -0.2) is 16.8 Å². The molecule has 7 heteroatoms. The Hall–Kier alpha value is -0.920. The normalized spacial score (nSPS) is 27.5. The number of sulfone groups is 2. The van der Waals surface area contributed by atoms with Gasteiger partial charge in [0, 0.05) is 12.1 Å². The van der Waals surface area contributed by atoms with Crippen LogP contribution in [0, 0.1) is 0 Å². The summed E-state index contributed by atoms with van der Waals surface area (Å²) in [4.78, 5) is 0.222. The maximum Gasteiger partial charge on any atom is 0.183 e. The van der Waals surface area contributed by atoms with Crippen LogP contribution in [0.5, 0.6) is 0 Å². The predicted molar refractivity (Wildman–Crippen MR) is 94.6 cm³/mol. The van der Waals surface area contributed by atoms with E-state index in [2.05, 4.69) is 5.32 Å². The van der Waals surface area contributed by atoms with Crippen molar-refractivity contribution in [1.82, 2.24) is 5.32 Å². The van der Waals surface area contributed by atoms with Gasteiger partial charge >= 0.3 is 0 Å². The zero-order chi connectivity index (χ0) is 17.4. The lowest BCUT2D eigenvalue weighted by Gasteiger charge is -2.23. The highest BCUT2D eigenvalue weighted by Gasteiger charge is 2.46. The molecule has 5 nitrogen and oxygen atoms in total. The summed E-state index contributed by atoms with van der Waals surface area (Å²) >= 11 is 0. The Balaban J connectivity index is 1.87. The van der Waals surface area contributed by atoms with Gasteiger partial charge in [0.05, 0.1) is 21.7 Å². The van der Waals surface area contributed by atoms with Gasteiger partial charge in [0.1, 0.15) is 0 Å². The summed E-state index contributed by atoms with van der Waals surface area (Å²) in [5.74, 6) is -0.365. The molecule has 1 aromatic rings. The van der Waals surface area contributed by atoms with Crippen molar-refractivity contribution < 1.29 is 16.8 Å². The molecule has 0 radical (unpaired) electrons. The van der Waals surface area contributed by atoms with E-state index >= 15 is 0 Å². The topological polar surface area (TPSA) is 80.3 Å². The third kappa shape index (κ3) is 3.68. The summed E-state index contributed by atoms with van der Waals surface area (Å²) in [6.45, 7) is 2.01. The number of benzene rings is 1. The van der Waals surface area contributed by atoms with Crippen LogP contribution in [0.15, 0.2) is 29.2 Å². The van der Waals surface area contributed by atoms with Crippen LogP contribution >= 0.6 is 0 Å². The summed E-state index contributed by atoms with van der Waals surface area (Å²) in [5.41, 5.74) is 1.06. The SMILES string of the molecule is CCc1ccc(S(=O)(=O)[C@H]2CS(=O)(=O)C[C@H]2NC2CCCC2)cc1. The molecule has 0 bridgehead atoms. The Kier molecular flexibility index (Phi) is 5.04. The number of aryl methyl sites for hydroxylation is 1. The first-order valence-corrected chi connectivity index (χ1v) is 12.0. The minimum Gasteiger partial charge on any atom is -0.309 e. The zero-order valence-corrected chi connectivity index (χ0v) is 15.6. The van der Waals surface area contributed by atoms with E-state index in [1.54, 1.807) is 24.3 Å². The summed E-state index contributed by atoms with van der Waals surface area (Å²) in [6, 6.07) is 6.54. The zero-order valence-electron chi connectivity index (χ0n) is 13.9. The molecule has 1 aliphatic carbocycles. The van der Waals surface area contributed by atoms with Crippen LogP contribution in [-0.2, 0) is 26.1 Å². The Morgan fingerprint density at radius 2 is 1.71 bits per heavy atom. The molecule has 0 amide bonds. The van der Waals surface area contributed by atoms with Gasteiger partial charge in [-0.05, 0) is 37.0 Å². The minimum atomic E-state index is -3.67. The second kappa shape index (κ2) is 6.77. The molecule has 3 rings (SSSR count). The van der Waals surface area contributed by atoms with Gasteiger partial charge < -0.3 is 5.32 Å². The molecule has 1 saturated heterocycles. The van der Waals surface area contributed by atoms with E-state index < -0.39 is 31.0 Å². The summed E-state index contributed by atoms with van der Waals surface area (Å²) in [7, 11) is -7.00. The highest BCUT2D eigenvalue weighted by molar-refractivity contribution is 7.96. The first kappa shape index (κ1) is 17.9. The van der Waals surface area contributed by atoms with E-state index in [1.807, 2.05) is 6.92 Å². The van der Waals surface area contributed by atoms with Crippen LogP contribution in [0.3, 0.4) is 0 Å². The maximum atomic E-state index is 13.0. The fraction of sp³-hybridized carbons (Fsp3) is 0.647. The molecular weight excluding hydrogens is 346 g/mol. The number of hydrogen-bond donors (Lipinski definition) is 1. The molecule has 1 heterocycles. The van der Waals surface area contributed by atoms with Gasteiger partial charge in [0.2, 0.25) is 0 Å². The van der Waals surface area contributed by atoms with E-state index in [0.29, 0.717) is 0 Å². The van der Waals surface area contributed by atoms with E-state index in [1.165, 1.54) is 0 Å². The Morgan fingerprint density at radius 1 is 1.08 bits per heavy atom. The lowest BCUT2D eigenvalue weighted by Crippen LogP contribution is -2.47. The average molecular weight is 372 g/mol. The quantitative estimate of drug-likeness (QED) is 0.852. The Labute approximate surface area is 144 Å². The molecule has 2 fully saturated rings. The maximum absolute atomic E-state index is 13.0. The van der Waals surface area contributed by atoms with E-state index in [4.69, 9.17) is 0 Å². The molecule has 1 aliphatic heterocycles. The van der Waals surface area contributed by atoms with Crippen molar-refractivity contribution in [1.29, 1.82) is 0 Å². The monoisotopic (exact) mass is 371 g/mol. The molecule has 1 saturated carbocycles. The lowest BCUT2D eigenvalue weighted by atomic mass is 10.2. The van der Waals surface area contributed by atoms with E-state index in [0.717, 1.165) is 37.7 Å². The molecule has 134 valence electrons. The fourth-order valence-electron chi connectivity index (χ4n) is 3.76. The first-order chi connectivity index (χ1) is 11.3. The number of hydrogen-bond acceptors (Lipinski definition) is 5. The van der Waals surface area contributed by atoms with Crippen molar-refractivity contribution in [2.24, 2.45) is 0 Å². The third-order valence-corrected chi connectivity index (χ3v) is 9.33. The van der Waals surface area contributed by atoms with Gasteiger partial charge in [-0.2, -0.15) is 0 Å². The molecule has 1 N–H and O–H groups in total. The van der Waals surface area contributed by atoms with Gasteiger partial charge in [0.25, 0.3) is 0 Å². The van der Waals surface area contributed by atoms with Crippen molar-refractivity contribution in [3.05, 3.63) is 29.8 Å².